The molecule has 1 aliphatic rings. The van der Waals surface area contributed by atoms with Gasteiger partial charge in [0.2, 0.25) is 5.95 Å². The second-order valence-electron chi connectivity index (χ2n) is 5.70. The molecule has 0 saturated carbocycles. The van der Waals surface area contributed by atoms with E-state index in [1.54, 1.807) is 13.3 Å². The van der Waals surface area contributed by atoms with Gasteiger partial charge < -0.3 is 9.64 Å². The van der Waals surface area contributed by atoms with E-state index in [9.17, 15) is 0 Å². The lowest BCUT2D eigenvalue weighted by Gasteiger charge is -2.34. The summed E-state index contributed by atoms with van der Waals surface area (Å²) in [4.78, 5) is 9.38. The predicted octanol–water partition coefficient (Wildman–Crippen LogP) is 2.08. The fourth-order valence-electron chi connectivity index (χ4n) is 2.82. The number of rotatable bonds is 5. The summed E-state index contributed by atoms with van der Waals surface area (Å²) in [5.74, 6) is 1.55. The molecule has 3 rings (SSSR count). The molecule has 1 saturated heterocycles. The van der Waals surface area contributed by atoms with Gasteiger partial charge in [0.05, 0.1) is 19.0 Å². The molecule has 122 valence electrons. The summed E-state index contributed by atoms with van der Waals surface area (Å²) >= 11 is 0. The molecule has 1 aromatic carbocycles. The maximum Gasteiger partial charge on any atom is 0.245 e. The van der Waals surface area contributed by atoms with Gasteiger partial charge >= 0.3 is 0 Å². The number of anilines is 1. The Kier molecular flexibility index (Phi) is 5.02. The van der Waals surface area contributed by atoms with Crippen molar-refractivity contribution >= 4 is 5.95 Å². The third kappa shape index (κ3) is 3.76. The van der Waals surface area contributed by atoms with Crippen molar-refractivity contribution in [3.05, 3.63) is 30.5 Å². The lowest BCUT2D eigenvalue weighted by Crippen LogP contribution is -2.47. The molecule has 0 atom stereocenters. The van der Waals surface area contributed by atoms with Crippen LogP contribution in [-0.2, 0) is 0 Å². The van der Waals surface area contributed by atoms with Crippen molar-refractivity contribution in [2.45, 2.75) is 13.3 Å². The monoisotopic (exact) mass is 313 g/mol. The van der Waals surface area contributed by atoms with Gasteiger partial charge in [0.15, 0.2) is 0 Å². The molecule has 6 heteroatoms. The minimum absolute atomic E-state index is 0.717. The first-order valence-corrected chi connectivity index (χ1v) is 8.11. The zero-order valence-electron chi connectivity index (χ0n) is 13.8. The number of methoxy groups -OCH3 is 1. The Morgan fingerprint density at radius 2 is 1.83 bits per heavy atom. The minimum atomic E-state index is 0.717. The van der Waals surface area contributed by atoms with Crippen LogP contribution < -0.4 is 9.64 Å². The Morgan fingerprint density at radius 1 is 1.09 bits per heavy atom. The number of ether oxygens (including phenoxy) is 1. The molecular formula is C17H23N5O. The van der Waals surface area contributed by atoms with Gasteiger partial charge in [0.25, 0.3) is 0 Å². The average Bonchev–Trinajstić information content (AvgIpc) is 2.63. The van der Waals surface area contributed by atoms with Crippen LogP contribution >= 0.6 is 0 Å². The van der Waals surface area contributed by atoms with Crippen molar-refractivity contribution in [3.8, 4) is 17.0 Å². The van der Waals surface area contributed by atoms with E-state index in [0.717, 1.165) is 49.1 Å². The lowest BCUT2D eigenvalue weighted by molar-refractivity contribution is 0.257. The number of hydrogen-bond donors (Lipinski definition) is 0. The van der Waals surface area contributed by atoms with E-state index in [-0.39, 0.29) is 0 Å². The number of nitrogens with zero attached hydrogens (tertiary/aromatic N) is 5. The summed E-state index contributed by atoms with van der Waals surface area (Å²) in [6.45, 7) is 7.41. The van der Waals surface area contributed by atoms with E-state index in [2.05, 4.69) is 31.9 Å². The molecule has 0 bridgehead atoms. The summed E-state index contributed by atoms with van der Waals surface area (Å²) < 4.78 is 5.19. The largest absolute Gasteiger partial charge is 0.497 e. The first-order chi connectivity index (χ1) is 11.3. The molecular weight excluding hydrogens is 290 g/mol. The fourth-order valence-corrected chi connectivity index (χ4v) is 2.82. The summed E-state index contributed by atoms with van der Waals surface area (Å²) in [5.41, 5.74) is 1.86. The maximum atomic E-state index is 5.19. The van der Waals surface area contributed by atoms with Crippen LogP contribution in [0.1, 0.15) is 13.3 Å². The fraction of sp³-hybridized carbons (Fsp3) is 0.471. The van der Waals surface area contributed by atoms with Crippen LogP contribution in [-0.4, -0.2) is 59.9 Å². The highest BCUT2D eigenvalue weighted by Gasteiger charge is 2.19. The third-order valence-corrected chi connectivity index (χ3v) is 4.13. The van der Waals surface area contributed by atoms with Gasteiger partial charge in [-0.25, -0.2) is 4.98 Å². The Hall–Kier alpha value is -2.21. The van der Waals surface area contributed by atoms with Gasteiger partial charge in [0, 0.05) is 31.7 Å². The summed E-state index contributed by atoms with van der Waals surface area (Å²) in [7, 11) is 1.66. The van der Waals surface area contributed by atoms with Crippen LogP contribution in [0.25, 0.3) is 11.3 Å². The molecule has 0 aliphatic carbocycles. The molecule has 1 aliphatic heterocycles. The third-order valence-electron chi connectivity index (χ3n) is 4.13. The molecule has 0 N–H and O–H groups in total. The van der Waals surface area contributed by atoms with Crippen LogP contribution in [0.2, 0.25) is 0 Å². The van der Waals surface area contributed by atoms with Crippen molar-refractivity contribution in [2.24, 2.45) is 0 Å². The average molecular weight is 313 g/mol. The number of benzene rings is 1. The van der Waals surface area contributed by atoms with E-state index in [4.69, 9.17) is 4.74 Å². The highest BCUT2D eigenvalue weighted by atomic mass is 16.5. The summed E-state index contributed by atoms with van der Waals surface area (Å²) in [6.07, 6.45) is 2.91. The standard InChI is InChI=1S/C17H23N5O/c1-3-8-21-9-11-22(12-10-21)17-19-16(13-18-20-17)14-4-6-15(23-2)7-5-14/h4-7,13H,3,8-12H2,1-2H3. The Morgan fingerprint density at radius 3 is 2.48 bits per heavy atom. The van der Waals surface area contributed by atoms with Crippen LogP contribution in [0, 0.1) is 0 Å². The summed E-state index contributed by atoms with van der Waals surface area (Å²) in [5, 5.41) is 8.35. The zero-order valence-corrected chi connectivity index (χ0v) is 13.8. The first kappa shape index (κ1) is 15.7. The van der Waals surface area contributed by atoms with E-state index in [1.807, 2.05) is 24.3 Å². The maximum absolute atomic E-state index is 5.19. The molecule has 1 aromatic heterocycles. The van der Waals surface area contributed by atoms with Crippen molar-refractivity contribution in [3.63, 3.8) is 0 Å². The highest BCUT2D eigenvalue weighted by molar-refractivity contribution is 5.60. The highest BCUT2D eigenvalue weighted by Crippen LogP contribution is 2.21. The van der Waals surface area contributed by atoms with E-state index >= 15 is 0 Å². The molecule has 0 amide bonds. The van der Waals surface area contributed by atoms with Gasteiger partial charge in [-0.1, -0.05) is 6.92 Å². The van der Waals surface area contributed by atoms with E-state index < -0.39 is 0 Å². The van der Waals surface area contributed by atoms with Gasteiger partial charge in [-0.3, -0.25) is 4.90 Å². The Bertz CT molecular complexity index is 623. The van der Waals surface area contributed by atoms with Crippen molar-refractivity contribution in [2.75, 3.05) is 44.7 Å². The van der Waals surface area contributed by atoms with Gasteiger partial charge in [-0.2, -0.15) is 5.10 Å². The predicted molar refractivity (Wildman–Crippen MR) is 90.8 cm³/mol. The van der Waals surface area contributed by atoms with Crippen molar-refractivity contribution < 1.29 is 4.74 Å². The summed E-state index contributed by atoms with van der Waals surface area (Å²) in [6, 6.07) is 7.85. The van der Waals surface area contributed by atoms with Crippen molar-refractivity contribution in [1.82, 2.24) is 20.1 Å². The number of hydrogen-bond acceptors (Lipinski definition) is 6. The molecule has 0 spiro atoms. The van der Waals surface area contributed by atoms with Crippen LogP contribution in [0.4, 0.5) is 5.95 Å². The minimum Gasteiger partial charge on any atom is -0.497 e. The second kappa shape index (κ2) is 7.37. The first-order valence-electron chi connectivity index (χ1n) is 8.11. The molecule has 2 aromatic rings. The molecule has 0 unspecified atom stereocenters. The van der Waals surface area contributed by atoms with Gasteiger partial charge in [-0.05, 0) is 37.2 Å². The molecule has 0 radical (unpaired) electrons. The Balaban J connectivity index is 1.72. The molecule has 6 nitrogen and oxygen atoms in total. The second-order valence-corrected chi connectivity index (χ2v) is 5.70. The van der Waals surface area contributed by atoms with Gasteiger partial charge in [-0.15, -0.1) is 5.10 Å². The quantitative estimate of drug-likeness (QED) is 0.842. The van der Waals surface area contributed by atoms with Gasteiger partial charge in [0.1, 0.15) is 5.75 Å². The molecule has 1 fully saturated rings. The Labute approximate surface area is 137 Å². The van der Waals surface area contributed by atoms with E-state index in [1.165, 1.54) is 13.0 Å². The number of piperazine rings is 1. The number of aromatic nitrogens is 3. The van der Waals surface area contributed by atoms with Crippen LogP contribution in [0.15, 0.2) is 30.5 Å². The normalized spacial score (nSPS) is 15.7. The van der Waals surface area contributed by atoms with Crippen LogP contribution in [0.5, 0.6) is 5.75 Å². The van der Waals surface area contributed by atoms with Crippen molar-refractivity contribution in [1.29, 1.82) is 0 Å². The molecule has 2 heterocycles. The lowest BCUT2D eigenvalue weighted by atomic mass is 10.1. The molecule has 23 heavy (non-hydrogen) atoms. The van der Waals surface area contributed by atoms with E-state index in [0.29, 0.717) is 0 Å². The smallest absolute Gasteiger partial charge is 0.245 e. The SMILES string of the molecule is CCCN1CCN(c2nncc(-c3ccc(OC)cc3)n2)CC1. The zero-order chi connectivity index (χ0) is 16.1. The van der Waals surface area contributed by atoms with Crippen LogP contribution in [0.3, 0.4) is 0 Å². The topological polar surface area (TPSA) is 54.4 Å².